The van der Waals surface area contributed by atoms with E-state index in [0.29, 0.717) is 0 Å². The topological polar surface area (TPSA) is 38.4 Å². The second-order valence-corrected chi connectivity index (χ2v) is 5.74. The first kappa shape index (κ1) is 13.9. The molecule has 0 aromatic rings. The van der Waals surface area contributed by atoms with Gasteiger partial charge in [-0.05, 0) is 17.2 Å². The van der Waals surface area contributed by atoms with Crippen molar-refractivity contribution in [1.82, 2.24) is 0 Å². The monoisotopic (exact) mass is 208 g/mol. The lowest BCUT2D eigenvalue weighted by Crippen LogP contribution is -2.29. The maximum Gasteiger partial charge on any atom is 0.0508 e. The largest absolute Gasteiger partial charge is 0.404 e. The highest BCUT2D eigenvalue weighted by Crippen LogP contribution is 2.32. The number of nitrogens with zero attached hydrogens (tertiary/aromatic N) is 1. The van der Waals surface area contributed by atoms with E-state index in [-0.39, 0.29) is 10.8 Å². The standard InChI is InChI=1S/C13H24N2/c1-8-15-11(13(5,6)7)10(9-14)12(2,3)4/h8-9H,1,14H2,2-7H3/b10-9+,15-11+. The van der Waals surface area contributed by atoms with Crippen LogP contribution in [0.4, 0.5) is 0 Å². The van der Waals surface area contributed by atoms with Crippen LogP contribution in [-0.2, 0) is 0 Å². The van der Waals surface area contributed by atoms with Crippen LogP contribution in [0.2, 0.25) is 0 Å². The Kier molecular flexibility index (Phi) is 4.32. The van der Waals surface area contributed by atoms with Crippen molar-refractivity contribution in [1.29, 1.82) is 0 Å². The third-order valence-electron chi connectivity index (χ3n) is 2.16. The average molecular weight is 208 g/mol. The molecule has 86 valence electrons. The van der Waals surface area contributed by atoms with Crippen molar-refractivity contribution < 1.29 is 0 Å². The minimum Gasteiger partial charge on any atom is -0.404 e. The van der Waals surface area contributed by atoms with Crippen LogP contribution in [0.25, 0.3) is 0 Å². The summed E-state index contributed by atoms with van der Waals surface area (Å²) in [6.45, 7) is 16.5. The van der Waals surface area contributed by atoms with Crippen LogP contribution in [0.15, 0.2) is 29.5 Å². The van der Waals surface area contributed by atoms with Gasteiger partial charge in [-0.2, -0.15) is 0 Å². The van der Waals surface area contributed by atoms with E-state index in [1.807, 2.05) is 0 Å². The summed E-state index contributed by atoms with van der Waals surface area (Å²) >= 11 is 0. The molecule has 15 heavy (non-hydrogen) atoms. The van der Waals surface area contributed by atoms with Gasteiger partial charge in [0.05, 0.1) is 5.71 Å². The second kappa shape index (κ2) is 4.65. The second-order valence-electron chi connectivity index (χ2n) is 5.74. The van der Waals surface area contributed by atoms with Crippen molar-refractivity contribution in [2.75, 3.05) is 0 Å². The third kappa shape index (κ3) is 3.90. The van der Waals surface area contributed by atoms with Crippen LogP contribution >= 0.6 is 0 Å². The molecule has 0 unspecified atom stereocenters. The molecule has 0 saturated carbocycles. The number of aliphatic imine (C=N–C) groups is 1. The molecule has 0 rings (SSSR count). The minimum atomic E-state index is -0.0212. The van der Waals surface area contributed by atoms with E-state index >= 15 is 0 Å². The van der Waals surface area contributed by atoms with Gasteiger partial charge in [-0.3, -0.25) is 4.99 Å². The fourth-order valence-electron chi connectivity index (χ4n) is 1.44. The van der Waals surface area contributed by atoms with Crippen LogP contribution in [0.5, 0.6) is 0 Å². The molecule has 0 aromatic heterocycles. The van der Waals surface area contributed by atoms with E-state index in [0.717, 1.165) is 11.3 Å². The van der Waals surface area contributed by atoms with Crippen molar-refractivity contribution in [2.45, 2.75) is 41.5 Å². The average Bonchev–Trinajstić information content (AvgIpc) is 2.00. The van der Waals surface area contributed by atoms with Crippen LogP contribution in [0.1, 0.15) is 41.5 Å². The Labute approximate surface area is 94.0 Å². The van der Waals surface area contributed by atoms with Crippen molar-refractivity contribution in [3.8, 4) is 0 Å². The zero-order valence-electron chi connectivity index (χ0n) is 10.9. The first-order chi connectivity index (χ1) is 6.64. The molecule has 0 aromatic carbocycles. The number of rotatable bonds is 2. The van der Waals surface area contributed by atoms with Crippen LogP contribution < -0.4 is 5.73 Å². The van der Waals surface area contributed by atoms with Gasteiger partial charge in [0.1, 0.15) is 0 Å². The summed E-state index contributed by atoms with van der Waals surface area (Å²) in [5.74, 6) is 0. The first-order valence-electron chi connectivity index (χ1n) is 5.26. The zero-order chi connectivity index (χ0) is 12.3. The quantitative estimate of drug-likeness (QED) is 0.693. The summed E-state index contributed by atoms with van der Waals surface area (Å²) in [7, 11) is 0. The lowest BCUT2D eigenvalue weighted by molar-refractivity contribution is 0.500. The maximum absolute atomic E-state index is 5.71. The maximum atomic E-state index is 5.71. The Morgan fingerprint density at radius 3 is 1.73 bits per heavy atom. The van der Waals surface area contributed by atoms with Crippen molar-refractivity contribution in [3.05, 3.63) is 24.6 Å². The number of hydrogen-bond acceptors (Lipinski definition) is 2. The smallest absolute Gasteiger partial charge is 0.0508 e. The molecule has 2 heteroatoms. The molecule has 0 radical (unpaired) electrons. The molecule has 2 N–H and O–H groups in total. The van der Waals surface area contributed by atoms with Crippen molar-refractivity contribution in [3.63, 3.8) is 0 Å². The fourth-order valence-corrected chi connectivity index (χ4v) is 1.44. The lowest BCUT2D eigenvalue weighted by Gasteiger charge is -2.31. The number of hydrogen-bond donors (Lipinski definition) is 1. The summed E-state index contributed by atoms with van der Waals surface area (Å²) in [5, 5.41) is 0. The van der Waals surface area contributed by atoms with Gasteiger partial charge in [-0.15, -0.1) is 0 Å². The predicted molar refractivity (Wildman–Crippen MR) is 68.8 cm³/mol. The predicted octanol–water partition coefficient (Wildman–Crippen LogP) is 3.51. The Morgan fingerprint density at radius 2 is 1.53 bits per heavy atom. The van der Waals surface area contributed by atoms with E-state index in [2.05, 4.69) is 53.1 Å². The molecule has 0 fully saturated rings. The highest BCUT2D eigenvalue weighted by Gasteiger charge is 2.29. The fraction of sp³-hybridized carbons (Fsp3) is 0.615. The Hall–Kier alpha value is -1.05. The molecule has 0 bridgehead atoms. The molecule has 0 saturated heterocycles. The van der Waals surface area contributed by atoms with Gasteiger partial charge in [0, 0.05) is 11.6 Å². The summed E-state index contributed by atoms with van der Waals surface area (Å²) in [4.78, 5) is 4.37. The molecule has 2 nitrogen and oxygen atoms in total. The number of nitrogens with two attached hydrogens (primary N) is 1. The van der Waals surface area contributed by atoms with E-state index < -0.39 is 0 Å². The highest BCUT2D eigenvalue weighted by molar-refractivity contribution is 6.04. The lowest BCUT2D eigenvalue weighted by atomic mass is 9.75. The van der Waals surface area contributed by atoms with Gasteiger partial charge >= 0.3 is 0 Å². The van der Waals surface area contributed by atoms with Crippen LogP contribution in [0, 0.1) is 10.8 Å². The minimum absolute atomic E-state index is 0.00384. The van der Waals surface area contributed by atoms with Gasteiger partial charge in [0.15, 0.2) is 0 Å². The van der Waals surface area contributed by atoms with Crippen LogP contribution in [0.3, 0.4) is 0 Å². The van der Waals surface area contributed by atoms with E-state index in [1.54, 1.807) is 12.4 Å². The van der Waals surface area contributed by atoms with Gasteiger partial charge in [-0.1, -0.05) is 48.1 Å². The summed E-state index contributed by atoms with van der Waals surface area (Å²) < 4.78 is 0. The third-order valence-corrected chi connectivity index (χ3v) is 2.16. The van der Waals surface area contributed by atoms with Gasteiger partial charge < -0.3 is 5.73 Å². The first-order valence-corrected chi connectivity index (χ1v) is 5.26. The summed E-state index contributed by atoms with van der Waals surface area (Å²) in [5.41, 5.74) is 7.78. The molecule has 0 heterocycles. The molecular weight excluding hydrogens is 184 g/mol. The van der Waals surface area contributed by atoms with Gasteiger partial charge in [0.25, 0.3) is 0 Å². The SMILES string of the molecule is C=C/N=C(\C(=C/N)C(C)(C)C)C(C)(C)C. The van der Waals surface area contributed by atoms with Crippen LogP contribution in [-0.4, -0.2) is 5.71 Å². The summed E-state index contributed by atoms with van der Waals surface area (Å²) in [6, 6.07) is 0. The molecule has 0 amide bonds. The molecule has 0 spiro atoms. The van der Waals surface area contributed by atoms with Gasteiger partial charge in [-0.25, -0.2) is 0 Å². The Morgan fingerprint density at radius 1 is 1.07 bits per heavy atom. The van der Waals surface area contributed by atoms with E-state index in [4.69, 9.17) is 5.73 Å². The van der Waals surface area contributed by atoms with Crippen molar-refractivity contribution >= 4 is 5.71 Å². The highest BCUT2D eigenvalue weighted by atomic mass is 14.7. The summed E-state index contributed by atoms with van der Waals surface area (Å²) in [6.07, 6.45) is 3.24. The van der Waals surface area contributed by atoms with Crippen molar-refractivity contribution in [2.24, 2.45) is 21.6 Å². The Bertz CT molecular complexity index is 283. The molecule has 0 aliphatic rings. The molecule has 0 atom stereocenters. The van der Waals surface area contributed by atoms with E-state index in [1.165, 1.54) is 0 Å². The van der Waals surface area contributed by atoms with Gasteiger partial charge in [0.2, 0.25) is 0 Å². The number of allylic oxidation sites excluding steroid dienone is 1. The molecular formula is C13H24N2. The zero-order valence-corrected chi connectivity index (χ0v) is 10.9. The Balaban J connectivity index is 5.48. The molecule has 0 aliphatic heterocycles. The molecule has 0 aliphatic carbocycles. The normalized spacial score (nSPS) is 15.3. The van der Waals surface area contributed by atoms with E-state index in [9.17, 15) is 0 Å².